The van der Waals surface area contributed by atoms with Crippen molar-refractivity contribution < 1.29 is 38.2 Å². The summed E-state index contributed by atoms with van der Waals surface area (Å²) in [5.41, 5.74) is 8.28. The number of hydrogen-bond acceptors (Lipinski definition) is 7. The van der Waals surface area contributed by atoms with Gasteiger partial charge in [0.2, 0.25) is 12.1 Å². The molecule has 0 saturated heterocycles. The second-order valence-corrected chi connectivity index (χ2v) is 5.26. The van der Waals surface area contributed by atoms with E-state index in [0.717, 1.165) is 0 Å². The van der Waals surface area contributed by atoms with E-state index in [0.29, 0.717) is 6.21 Å². The number of ether oxygens (including phenoxy) is 3. The number of Topliss-reactive ketones (excluding diaryl/α,β-unsaturated/α-hetero) is 1. The van der Waals surface area contributed by atoms with Crippen LogP contribution in [0.5, 0.6) is 0 Å². The summed E-state index contributed by atoms with van der Waals surface area (Å²) in [6.45, 7) is 6.27. The topological polar surface area (TPSA) is 144 Å². The standard InChI is InChI=1S/C15H23N3O7/c1-5-23-14(21)12(7-6-11(19)8-17-16)18-15(22)25-10(4)24-13(20)9(2)3/h8-10,12H,5-7H2,1-4H3,(H,18,22)/t10?,12-/m0/s1. The summed E-state index contributed by atoms with van der Waals surface area (Å²) < 4.78 is 14.5. The molecule has 2 atom stereocenters. The van der Waals surface area contributed by atoms with Crippen molar-refractivity contribution in [3.8, 4) is 0 Å². The maximum atomic E-state index is 11.8. The van der Waals surface area contributed by atoms with Gasteiger partial charge in [-0.05, 0) is 13.3 Å². The molecule has 0 aliphatic carbocycles. The van der Waals surface area contributed by atoms with Gasteiger partial charge in [0.25, 0.3) is 0 Å². The van der Waals surface area contributed by atoms with E-state index >= 15 is 0 Å². The molecule has 0 aromatic heterocycles. The fraction of sp³-hybridized carbons (Fsp3) is 0.667. The number of carbonyl (C=O) groups excluding carboxylic acids is 4. The minimum atomic E-state index is -1.15. The highest BCUT2D eigenvalue weighted by molar-refractivity contribution is 6.25. The molecular weight excluding hydrogens is 334 g/mol. The van der Waals surface area contributed by atoms with Crippen LogP contribution in [-0.2, 0) is 28.6 Å². The van der Waals surface area contributed by atoms with Gasteiger partial charge in [0.15, 0.2) is 0 Å². The van der Waals surface area contributed by atoms with Gasteiger partial charge >= 0.3 is 24.2 Å². The number of esters is 2. The summed E-state index contributed by atoms with van der Waals surface area (Å²) in [5.74, 6) is -2.22. The molecule has 0 aromatic rings. The molecule has 0 rings (SSSR count). The molecule has 0 saturated carbocycles. The molecule has 0 bridgehead atoms. The Bertz CT molecular complexity index is 541. The lowest BCUT2D eigenvalue weighted by atomic mass is 10.1. The van der Waals surface area contributed by atoms with Crippen molar-refractivity contribution in [1.29, 1.82) is 0 Å². The normalized spacial score (nSPS) is 12.4. The summed E-state index contributed by atoms with van der Waals surface area (Å²) >= 11 is 0. The van der Waals surface area contributed by atoms with Crippen molar-refractivity contribution in [2.75, 3.05) is 6.61 Å². The molecule has 0 aromatic carbocycles. The number of amides is 1. The highest BCUT2D eigenvalue weighted by atomic mass is 16.7. The lowest BCUT2D eigenvalue weighted by molar-refractivity contribution is -0.169. The van der Waals surface area contributed by atoms with Gasteiger partial charge in [-0.25, -0.2) is 9.59 Å². The third-order valence-electron chi connectivity index (χ3n) is 2.77. The van der Waals surface area contributed by atoms with Crippen molar-refractivity contribution >= 4 is 30.0 Å². The predicted octanol–water partition coefficient (Wildman–Crippen LogP) is 0.839. The molecule has 10 heteroatoms. The Kier molecular flexibility index (Phi) is 10.5. The average Bonchev–Trinajstić information content (AvgIpc) is 2.51. The van der Waals surface area contributed by atoms with Crippen molar-refractivity contribution in [3.63, 3.8) is 0 Å². The van der Waals surface area contributed by atoms with Gasteiger partial charge in [-0.15, -0.1) is 0 Å². The SMILES string of the molecule is CCOC(=O)[C@H](CCC(=O)C=[N+]=[N-])NC(=O)OC(C)OC(=O)C(C)C. The first-order valence-electron chi connectivity index (χ1n) is 7.75. The van der Waals surface area contributed by atoms with Gasteiger partial charge < -0.3 is 25.1 Å². The van der Waals surface area contributed by atoms with E-state index in [2.05, 4.69) is 10.1 Å². The van der Waals surface area contributed by atoms with Gasteiger partial charge in [-0.1, -0.05) is 13.8 Å². The molecule has 0 aliphatic rings. The number of ketones is 1. The Balaban J connectivity index is 4.68. The first-order valence-corrected chi connectivity index (χ1v) is 7.75. The van der Waals surface area contributed by atoms with Gasteiger partial charge in [-0.2, -0.15) is 4.79 Å². The van der Waals surface area contributed by atoms with E-state index in [1.54, 1.807) is 20.8 Å². The van der Waals surface area contributed by atoms with Gasteiger partial charge in [0, 0.05) is 13.3 Å². The second kappa shape index (κ2) is 11.7. The Morgan fingerprint density at radius 1 is 1.12 bits per heavy atom. The smallest absolute Gasteiger partial charge is 0.410 e. The average molecular weight is 357 g/mol. The van der Waals surface area contributed by atoms with E-state index in [1.165, 1.54) is 6.92 Å². The maximum absolute atomic E-state index is 11.8. The zero-order valence-corrected chi connectivity index (χ0v) is 14.7. The summed E-state index contributed by atoms with van der Waals surface area (Å²) in [6, 6.07) is -1.14. The fourth-order valence-corrected chi connectivity index (χ4v) is 1.56. The molecule has 1 unspecified atom stereocenters. The van der Waals surface area contributed by atoms with Crippen LogP contribution in [0.15, 0.2) is 0 Å². The van der Waals surface area contributed by atoms with Crippen LogP contribution in [0.3, 0.4) is 0 Å². The lowest BCUT2D eigenvalue weighted by Crippen LogP contribution is -2.43. The molecule has 0 radical (unpaired) electrons. The van der Waals surface area contributed by atoms with Gasteiger partial charge in [0.05, 0.1) is 12.5 Å². The van der Waals surface area contributed by atoms with Crippen LogP contribution in [0, 0.1) is 5.92 Å². The Morgan fingerprint density at radius 3 is 2.28 bits per heavy atom. The quantitative estimate of drug-likeness (QED) is 0.200. The van der Waals surface area contributed by atoms with E-state index in [1.807, 2.05) is 0 Å². The van der Waals surface area contributed by atoms with Crippen molar-refractivity contribution in [3.05, 3.63) is 5.53 Å². The van der Waals surface area contributed by atoms with E-state index < -0.39 is 36.1 Å². The third-order valence-corrected chi connectivity index (χ3v) is 2.77. The molecule has 25 heavy (non-hydrogen) atoms. The van der Waals surface area contributed by atoms with E-state index in [-0.39, 0.29) is 25.4 Å². The Morgan fingerprint density at radius 2 is 1.76 bits per heavy atom. The van der Waals surface area contributed by atoms with Crippen LogP contribution in [0.1, 0.15) is 40.5 Å². The van der Waals surface area contributed by atoms with E-state index in [4.69, 9.17) is 19.7 Å². The minimum absolute atomic E-state index is 0.0838. The first-order chi connectivity index (χ1) is 11.7. The summed E-state index contributed by atoms with van der Waals surface area (Å²) in [4.78, 5) is 49.0. The molecular formula is C15H23N3O7. The van der Waals surface area contributed by atoms with Crippen LogP contribution >= 0.6 is 0 Å². The maximum Gasteiger partial charge on any atom is 0.410 e. The first kappa shape index (κ1) is 22.3. The van der Waals surface area contributed by atoms with Gasteiger partial charge in [0.1, 0.15) is 6.04 Å². The summed E-state index contributed by atoms with van der Waals surface area (Å²) in [6.07, 6.45) is -1.72. The highest BCUT2D eigenvalue weighted by Crippen LogP contribution is 2.05. The Labute approximate surface area is 145 Å². The van der Waals surface area contributed by atoms with Crippen LogP contribution in [0.2, 0.25) is 0 Å². The molecule has 1 N–H and O–H groups in total. The number of hydrogen-bond donors (Lipinski definition) is 1. The molecule has 0 fully saturated rings. The number of carbonyl (C=O) groups is 4. The van der Waals surface area contributed by atoms with E-state index in [9.17, 15) is 19.2 Å². The predicted molar refractivity (Wildman–Crippen MR) is 84.4 cm³/mol. The summed E-state index contributed by atoms with van der Waals surface area (Å²) in [7, 11) is 0. The fourth-order valence-electron chi connectivity index (χ4n) is 1.56. The molecule has 0 heterocycles. The molecule has 0 spiro atoms. The number of nitrogens with zero attached hydrogens (tertiary/aromatic N) is 2. The monoisotopic (exact) mass is 357 g/mol. The van der Waals surface area contributed by atoms with Crippen molar-refractivity contribution in [1.82, 2.24) is 5.32 Å². The van der Waals surface area contributed by atoms with Crippen molar-refractivity contribution in [2.45, 2.75) is 52.9 Å². The minimum Gasteiger partial charge on any atom is -0.464 e. The van der Waals surface area contributed by atoms with Crippen LogP contribution in [0.25, 0.3) is 5.53 Å². The zero-order chi connectivity index (χ0) is 19.4. The van der Waals surface area contributed by atoms with Crippen LogP contribution < -0.4 is 5.32 Å². The van der Waals surface area contributed by atoms with Crippen LogP contribution in [-0.4, -0.2) is 53.8 Å². The summed E-state index contributed by atoms with van der Waals surface area (Å²) in [5, 5.41) is 2.25. The van der Waals surface area contributed by atoms with Crippen LogP contribution in [0.4, 0.5) is 4.79 Å². The largest absolute Gasteiger partial charge is 0.464 e. The molecule has 0 aliphatic heterocycles. The Hall–Kier alpha value is -2.74. The highest BCUT2D eigenvalue weighted by Gasteiger charge is 2.25. The molecule has 1 amide bonds. The zero-order valence-electron chi connectivity index (χ0n) is 14.7. The molecule has 10 nitrogen and oxygen atoms in total. The van der Waals surface area contributed by atoms with Crippen molar-refractivity contribution in [2.24, 2.45) is 5.92 Å². The van der Waals surface area contributed by atoms with Gasteiger partial charge in [-0.3, -0.25) is 9.59 Å². The molecule has 140 valence electrons. The lowest BCUT2D eigenvalue weighted by Gasteiger charge is -2.19. The second-order valence-electron chi connectivity index (χ2n) is 5.26. The number of alkyl carbamates (subject to hydrolysis) is 1. The number of rotatable bonds is 10. The number of nitrogens with one attached hydrogen (secondary N) is 1. The third kappa shape index (κ3) is 9.87.